The lowest BCUT2D eigenvalue weighted by atomic mass is 9.75. The first kappa shape index (κ1) is 30.1. The van der Waals surface area contributed by atoms with E-state index in [1.54, 1.807) is 30.3 Å². The zero-order valence-corrected chi connectivity index (χ0v) is 24.0. The van der Waals surface area contributed by atoms with E-state index >= 15 is 0 Å². The van der Waals surface area contributed by atoms with Crippen molar-refractivity contribution < 1.29 is 23.7 Å². The Morgan fingerprint density at radius 3 is 2.12 bits per heavy atom. The summed E-state index contributed by atoms with van der Waals surface area (Å²) in [5, 5.41) is 5.73. The van der Waals surface area contributed by atoms with Crippen LogP contribution in [0.4, 0.5) is 0 Å². The summed E-state index contributed by atoms with van der Waals surface area (Å²) in [5.41, 5.74) is 0.493. The summed E-state index contributed by atoms with van der Waals surface area (Å²) in [5.74, 6) is -1.90. The van der Waals surface area contributed by atoms with E-state index in [0.29, 0.717) is 12.0 Å². The lowest BCUT2D eigenvalue weighted by Crippen LogP contribution is -2.55. The van der Waals surface area contributed by atoms with Gasteiger partial charge in [0.25, 0.3) is 5.91 Å². The number of carbonyl (C=O) groups is 3. The van der Waals surface area contributed by atoms with Gasteiger partial charge in [0.05, 0.1) is 23.3 Å². The lowest BCUT2D eigenvalue weighted by molar-refractivity contribution is -0.123. The molecule has 2 aromatic carbocycles. The van der Waals surface area contributed by atoms with E-state index in [4.69, 9.17) is 9.31 Å². The summed E-state index contributed by atoms with van der Waals surface area (Å²) in [4.78, 5) is 47.8. The molecule has 2 amide bonds. The second-order valence-corrected chi connectivity index (χ2v) is 11.2. The van der Waals surface area contributed by atoms with Crippen molar-refractivity contribution in [2.75, 3.05) is 0 Å². The van der Waals surface area contributed by atoms with Crippen LogP contribution in [0.1, 0.15) is 73.4 Å². The van der Waals surface area contributed by atoms with Crippen LogP contribution in [0.5, 0.6) is 0 Å². The molecule has 1 unspecified atom stereocenters. The van der Waals surface area contributed by atoms with E-state index in [-0.39, 0.29) is 17.9 Å². The molecule has 0 saturated carbocycles. The summed E-state index contributed by atoms with van der Waals surface area (Å²) in [6, 6.07) is 17.6. The molecule has 41 heavy (non-hydrogen) atoms. The summed E-state index contributed by atoms with van der Waals surface area (Å²) >= 11 is 0. The highest BCUT2D eigenvalue weighted by Gasteiger charge is 2.54. The Morgan fingerprint density at radius 1 is 0.878 bits per heavy atom. The predicted octanol–water partition coefficient (Wildman–Crippen LogP) is 3.99. The summed E-state index contributed by atoms with van der Waals surface area (Å²) < 4.78 is 12.6. The zero-order valence-electron chi connectivity index (χ0n) is 24.0. The van der Waals surface area contributed by atoms with Gasteiger partial charge in [-0.1, -0.05) is 60.7 Å². The molecule has 4 rings (SSSR count). The molecular weight excluding hydrogens is 519 g/mol. The van der Waals surface area contributed by atoms with Gasteiger partial charge < -0.3 is 19.9 Å². The van der Waals surface area contributed by atoms with Crippen molar-refractivity contribution >= 4 is 24.7 Å². The monoisotopic (exact) mass is 556 g/mol. The van der Waals surface area contributed by atoms with Gasteiger partial charge in [-0.15, -0.1) is 0 Å². The molecule has 1 aromatic heterocycles. The number of nitrogens with zero attached hydrogens (tertiary/aromatic N) is 2. The molecular formula is C31H37BN4O5. The van der Waals surface area contributed by atoms with Crippen LogP contribution in [0.3, 0.4) is 0 Å². The highest BCUT2D eigenvalue weighted by atomic mass is 16.7. The first-order chi connectivity index (χ1) is 19.6. The van der Waals surface area contributed by atoms with Crippen molar-refractivity contribution in [1.82, 2.24) is 20.6 Å². The smallest absolute Gasteiger partial charge is 0.402 e. The molecule has 2 N–H and O–H groups in total. The van der Waals surface area contributed by atoms with Gasteiger partial charge in [-0.05, 0) is 52.5 Å². The quantitative estimate of drug-likeness (QED) is 0.256. The van der Waals surface area contributed by atoms with Crippen molar-refractivity contribution in [2.45, 2.75) is 76.6 Å². The molecule has 1 aliphatic rings. The second kappa shape index (κ2) is 13.2. The third kappa shape index (κ3) is 7.86. The normalized spacial score (nSPS) is 16.9. The number of Topliss-reactive ketones (excluding diaryl/α,β-unsaturated/α-hetero) is 1. The number of aryl methyl sites for hydroxylation is 1. The fourth-order valence-electron chi connectivity index (χ4n) is 4.57. The predicted molar refractivity (Wildman–Crippen MR) is 156 cm³/mol. The van der Waals surface area contributed by atoms with Crippen molar-refractivity contribution in [3.05, 3.63) is 96.1 Å². The lowest BCUT2D eigenvalue weighted by Gasteiger charge is -2.32. The third-order valence-corrected chi connectivity index (χ3v) is 7.65. The first-order valence-electron chi connectivity index (χ1n) is 13.9. The zero-order chi connectivity index (χ0) is 29.5. The molecule has 1 fully saturated rings. The molecule has 0 aliphatic carbocycles. The minimum absolute atomic E-state index is 0.0443. The van der Waals surface area contributed by atoms with E-state index in [2.05, 4.69) is 32.7 Å². The van der Waals surface area contributed by atoms with Crippen molar-refractivity contribution in [3.8, 4) is 0 Å². The van der Waals surface area contributed by atoms with E-state index < -0.39 is 42.1 Å². The first-order valence-corrected chi connectivity index (χ1v) is 13.9. The van der Waals surface area contributed by atoms with Crippen molar-refractivity contribution in [2.24, 2.45) is 0 Å². The Hall–Kier alpha value is -3.89. The minimum Gasteiger partial charge on any atom is -0.402 e. The Bertz CT molecular complexity index is 1250. The van der Waals surface area contributed by atoms with E-state index in [9.17, 15) is 14.4 Å². The molecule has 0 spiro atoms. The van der Waals surface area contributed by atoms with Crippen LogP contribution in [0.25, 0.3) is 0 Å². The summed E-state index contributed by atoms with van der Waals surface area (Å²) in [7, 11) is -0.708. The number of hydrogen-bond donors (Lipinski definition) is 2. The minimum atomic E-state index is -1.16. The van der Waals surface area contributed by atoms with Gasteiger partial charge in [0.15, 0.2) is 5.78 Å². The van der Waals surface area contributed by atoms with Gasteiger partial charge in [-0.3, -0.25) is 19.4 Å². The molecule has 0 bridgehead atoms. The third-order valence-electron chi connectivity index (χ3n) is 7.65. The maximum Gasteiger partial charge on any atom is 0.481 e. The molecule has 2 heterocycles. The molecule has 9 nitrogen and oxygen atoms in total. The van der Waals surface area contributed by atoms with Crippen molar-refractivity contribution in [1.29, 1.82) is 0 Å². The number of aromatic nitrogens is 2. The number of amides is 2. The van der Waals surface area contributed by atoms with Gasteiger partial charge >= 0.3 is 7.12 Å². The fraction of sp³-hybridized carbons (Fsp3) is 0.387. The second-order valence-electron chi connectivity index (χ2n) is 11.2. The molecule has 0 radical (unpaired) electrons. The number of hydrogen-bond acceptors (Lipinski definition) is 7. The van der Waals surface area contributed by atoms with Crippen LogP contribution in [0.2, 0.25) is 0 Å². The summed E-state index contributed by atoms with van der Waals surface area (Å²) in [6.45, 7) is 7.83. The Kier molecular flexibility index (Phi) is 9.67. The van der Waals surface area contributed by atoms with Gasteiger partial charge in [0.2, 0.25) is 5.91 Å². The van der Waals surface area contributed by atoms with Crippen LogP contribution < -0.4 is 10.6 Å². The average Bonchev–Trinajstić information content (AvgIpc) is 3.19. The highest BCUT2D eigenvalue weighted by Crippen LogP contribution is 2.38. The van der Waals surface area contributed by atoms with Gasteiger partial charge in [-0.25, -0.2) is 4.98 Å². The van der Waals surface area contributed by atoms with Gasteiger partial charge in [-0.2, -0.15) is 0 Å². The number of benzene rings is 2. The van der Waals surface area contributed by atoms with E-state index in [1.165, 1.54) is 24.2 Å². The fourth-order valence-corrected chi connectivity index (χ4v) is 4.57. The molecule has 3 aromatic rings. The van der Waals surface area contributed by atoms with Crippen molar-refractivity contribution in [3.63, 3.8) is 0 Å². The topological polar surface area (TPSA) is 120 Å². The van der Waals surface area contributed by atoms with E-state index in [1.807, 2.05) is 45.9 Å². The van der Waals surface area contributed by atoms with Crippen LogP contribution in [-0.4, -0.2) is 57.9 Å². The molecule has 1 aliphatic heterocycles. The Balaban J connectivity index is 1.53. The standard InChI is InChI=1S/C31H37BN4O5/c1-30(2)31(3,4)41-32(40-30)27(17-11-14-22-12-7-5-8-13-22)36-28(38)24(20-26(37)23-15-9-6-10-16-23)35-29(39)25-21-33-18-19-34-25/h5-10,12-13,15-16,18-19,21,24,27H,11,14,17,20H2,1-4H3,(H,35,39)(H,36,38)/t24?,27-/m0/s1. The largest absolute Gasteiger partial charge is 0.481 e. The van der Waals surface area contributed by atoms with Gasteiger partial charge in [0, 0.05) is 24.4 Å². The Labute approximate surface area is 241 Å². The van der Waals surface area contributed by atoms with Crippen LogP contribution in [-0.2, 0) is 20.5 Å². The highest BCUT2D eigenvalue weighted by molar-refractivity contribution is 6.48. The molecule has 214 valence electrons. The maximum absolute atomic E-state index is 13.8. The summed E-state index contributed by atoms with van der Waals surface area (Å²) in [6.07, 6.45) is 6.05. The van der Waals surface area contributed by atoms with E-state index in [0.717, 1.165) is 12.8 Å². The van der Waals surface area contributed by atoms with Crippen LogP contribution in [0.15, 0.2) is 79.3 Å². The maximum atomic E-state index is 13.8. The number of nitrogens with one attached hydrogen (secondary N) is 2. The molecule has 2 atom stereocenters. The Morgan fingerprint density at radius 2 is 1.51 bits per heavy atom. The van der Waals surface area contributed by atoms with Crippen LogP contribution >= 0.6 is 0 Å². The molecule has 1 saturated heterocycles. The molecule has 10 heteroatoms. The number of ketones is 1. The average molecular weight is 556 g/mol. The van der Waals surface area contributed by atoms with Crippen LogP contribution in [0, 0.1) is 0 Å². The SMILES string of the molecule is CC1(C)OB([C@H](CCCc2ccccc2)NC(=O)C(CC(=O)c2ccccc2)NC(=O)c2cnccn2)OC1(C)C. The van der Waals surface area contributed by atoms with Gasteiger partial charge in [0.1, 0.15) is 11.7 Å². The number of carbonyl (C=O) groups excluding carboxylic acids is 3. The number of rotatable bonds is 12.